The van der Waals surface area contributed by atoms with Gasteiger partial charge in [-0.15, -0.1) is 0 Å². The van der Waals surface area contributed by atoms with Crippen molar-refractivity contribution in [2.75, 3.05) is 31.6 Å². The first-order chi connectivity index (χ1) is 30.4. The zero-order chi connectivity index (χ0) is 45.5. The van der Waals surface area contributed by atoms with Crippen molar-refractivity contribution in [3.63, 3.8) is 0 Å². The molecule has 6 aliphatic rings. The number of methoxy groups -OCH3 is 1. The number of nitrogens with one attached hydrogen (secondary N) is 2. The maximum absolute atomic E-state index is 13.6. The van der Waals surface area contributed by atoms with E-state index in [-0.39, 0.29) is 59.0 Å². The van der Waals surface area contributed by atoms with Gasteiger partial charge in [-0.3, -0.25) is 39.1 Å². The van der Waals surface area contributed by atoms with Crippen LogP contribution in [0.1, 0.15) is 117 Å². The number of piperidine rings is 1. The van der Waals surface area contributed by atoms with E-state index in [0.717, 1.165) is 43.1 Å². The number of ether oxygens (including phenoxy) is 3. The van der Waals surface area contributed by atoms with Crippen molar-refractivity contribution in [2.45, 2.75) is 116 Å². The van der Waals surface area contributed by atoms with Crippen LogP contribution >= 0.6 is 0 Å². The van der Waals surface area contributed by atoms with E-state index in [1.54, 1.807) is 36.4 Å². The van der Waals surface area contributed by atoms with Gasteiger partial charge in [-0.2, -0.15) is 5.26 Å². The number of hydrogen-bond acceptors (Lipinski definition) is 11. The van der Waals surface area contributed by atoms with Gasteiger partial charge in [0.15, 0.2) is 0 Å². The molecule has 5 amide bonds. The summed E-state index contributed by atoms with van der Waals surface area (Å²) in [6.07, 6.45) is 4.19. The number of nitriles is 1. The number of hydrogen-bond donors (Lipinski definition) is 2. The van der Waals surface area contributed by atoms with Crippen molar-refractivity contribution in [3.05, 3.63) is 82.9 Å². The van der Waals surface area contributed by atoms with Gasteiger partial charge < -0.3 is 24.4 Å². The average molecular weight is 871 g/mol. The minimum atomic E-state index is -0.997. The number of carbonyl (C=O) groups excluding carboxylic acids is 5. The monoisotopic (exact) mass is 870 g/mol. The summed E-state index contributed by atoms with van der Waals surface area (Å²) in [6.45, 7) is 16.0. The molecule has 3 aliphatic carbocycles. The largest absolute Gasteiger partial charge is 0.495 e. The van der Waals surface area contributed by atoms with Crippen LogP contribution in [0.5, 0.6) is 17.2 Å². The molecule has 14 heteroatoms. The Morgan fingerprint density at radius 1 is 0.906 bits per heavy atom. The van der Waals surface area contributed by atoms with Crippen LogP contribution in [0.4, 0.5) is 5.69 Å². The molecule has 9 rings (SSSR count). The number of fused-ring (bicyclic) bond motifs is 1. The zero-order valence-electron chi connectivity index (χ0n) is 37.7. The van der Waals surface area contributed by atoms with Crippen molar-refractivity contribution in [1.29, 1.82) is 5.26 Å². The molecule has 3 aromatic carbocycles. The predicted molar refractivity (Wildman–Crippen MR) is 237 cm³/mol. The van der Waals surface area contributed by atoms with Crippen LogP contribution in [0.25, 0.3) is 0 Å². The smallest absolute Gasteiger partial charge is 0.262 e. The highest BCUT2D eigenvalue weighted by molar-refractivity contribution is 6.23. The highest BCUT2D eigenvalue weighted by Gasteiger charge is 2.64. The first kappa shape index (κ1) is 43.3. The highest BCUT2D eigenvalue weighted by Crippen LogP contribution is 2.56. The van der Waals surface area contributed by atoms with E-state index in [0.29, 0.717) is 51.8 Å². The second-order valence-corrected chi connectivity index (χ2v) is 20.5. The van der Waals surface area contributed by atoms with Crippen molar-refractivity contribution >= 4 is 35.2 Å². The van der Waals surface area contributed by atoms with Gasteiger partial charge >= 0.3 is 0 Å². The Bertz CT molecular complexity index is 2420. The van der Waals surface area contributed by atoms with Gasteiger partial charge in [0.2, 0.25) is 11.8 Å². The number of imide groups is 2. The molecule has 0 aromatic heterocycles. The summed E-state index contributed by atoms with van der Waals surface area (Å²) in [7, 11) is 1.54. The Hall–Kier alpha value is -5.94. The Morgan fingerprint density at radius 2 is 1.56 bits per heavy atom. The minimum absolute atomic E-state index is 0.00327. The van der Waals surface area contributed by atoms with Gasteiger partial charge in [-0.25, -0.2) is 0 Å². The number of rotatable bonds is 13. The molecule has 3 saturated carbocycles. The van der Waals surface area contributed by atoms with Gasteiger partial charge in [-0.1, -0.05) is 27.7 Å². The normalized spacial score (nSPS) is 26.3. The quantitative estimate of drug-likeness (QED) is 0.190. The third-order valence-electron chi connectivity index (χ3n) is 15.0. The van der Waals surface area contributed by atoms with Gasteiger partial charge in [-0.05, 0) is 93.6 Å². The number of benzene rings is 3. The molecule has 0 unspecified atom stereocenters. The number of nitrogens with zero attached hydrogens (tertiary/aromatic N) is 4. The Labute approximate surface area is 374 Å². The number of amides is 5. The van der Waals surface area contributed by atoms with E-state index in [4.69, 9.17) is 14.2 Å². The lowest BCUT2D eigenvalue weighted by atomic mass is 9.49. The summed E-state index contributed by atoms with van der Waals surface area (Å²) in [5.74, 6) is 0.0767. The van der Waals surface area contributed by atoms with E-state index in [1.165, 1.54) is 20.0 Å². The Balaban J connectivity index is 0.721. The topological polar surface area (TPSA) is 171 Å². The first-order valence-electron chi connectivity index (χ1n) is 22.6. The SMILES string of the molecule is COc1cc(OC2C(C)(C)C(NC(=O)c3ccc(N4CC5(CC(CN(C(C)C)C6CC(Oc7ccc8c(c7)C(=O)N([C@@H]7CCC(=O)NC7=O)C8=O)C6)C5)C4)cc3)C2(C)C)ccc1C#N. The van der Waals surface area contributed by atoms with Crippen LogP contribution in [-0.2, 0) is 9.59 Å². The van der Waals surface area contributed by atoms with Crippen LogP contribution in [0.2, 0.25) is 0 Å². The molecule has 0 radical (unpaired) electrons. The lowest BCUT2D eigenvalue weighted by Gasteiger charge is -2.63. The molecule has 1 atom stereocenters. The number of carbonyl (C=O) groups is 5. The van der Waals surface area contributed by atoms with Crippen LogP contribution in [0.3, 0.4) is 0 Å². The maximum atomic E-state index is 13.6. The van der Waals surface area contributed by atoms with E-state index in [2.05, 4.69) is 80.2 Å². The molecule has 2 saturated heterocycles. The minimum Gasteiger partial charge on any atom is -0.495 e. The third-order valence-corrected chi connectivity index (χ3v) is 15.0. The van der Waals surface area contributed by atoms with Crippen molar-refractivity contribution in [3.8, 4) is 23.3 Å². The summed E-state index contributed by atoms with van der Waals surface area (Å²) in [5.41, 5.74) is 2.33. The van der Waals surface area contributed by atoms with Crippen LogP contribution in [0, 0.1) is 33.5 Å². The molecule has 1 spiro atoms. The molecule has 2 N–H and O–H groups in total. The number of anilines is 1. The summed E-state index contributed by atoms with van der Waals surface area (Å²) in [6, 6.07) is 19.9. The van der Waals surface area contributed by atoms with Gasteiger partial charge in [0, 0.05) is 90.6 Å². The lowest BCUT2D eigenvalue weighted by Crippen LogP contribution is -2.74. The van der Waals surface area contributed by atoms with Crippen molar-refractivity contribution in [1.82, 2.24) is 20.4 Å². The van der Waals surface area contributed by atoms with Crippen molar-refractivity contribution in [2.24, 2.45) is 22.2 Å². The van der Waals surface area contributed by atoms with Gasteiger partial charge in [0.25, 0.3) is 17.7 Å². The summed E-state index contributed by atoms with van der Waals surface area (Å²) in [4.78, 5) is 70.1. The molecule has 3 aromatic rings. The molecule has 5 fully saturated rings. The average Bonchev–Trinajstić information content (AvgIpc) is 3.46. The Kier molecular flexibility index (Phi) is 10.8. The van der Waals surface area contributed by atoms with E-state index >= 15 is 0 Å². The third kappa shape index (κ3) is 7.45. The van der Waals surface area contributed by atoms with Gasteiger partial charge in [0.05, 0.1) is 23.8 Å². The second kappa shape index (κ2) is 15.9. The molecule has 14 nitrogen and oxygen atoms in total. The van der Waals surface area contributed by atoms with Gasteiger partial charge in [0.1, 0.15) is 41.6 Å². The fourth-order valence-electron chi connectivity index (χ4n) is 12.0. The molecule has 64 heavy (non-hydrogen) atoms. The fraction of sp³-hybridized carbons (Fsp3) is 0.520. The van der Waals surface area contributed by atoms with E-state index in [9.17, 15) is 29.2 Å². The van der Waals surface area contributed by atoms with E-state index < -0.39 is 29.7 Å². The second-order valence-electron chi connectivity index (χ2n) is 20.5. The predicted octanol–water partition coefficient (Wildman–Crippen LogP) is 6.12. The fourth-order valence-corrected chi connectivity index (χ4v) is 12.0. The molecule has 3 heterocycles. The molecular formula is C50H58N6O8. The molecule has 0 bridgehead atoms. The molecule has 336 valence electrons. The van der Waals surface area contributed by atoms with E-state index in [1.807, 2.05) is 12.1 Å². The summed E-state index contributed by atoms with van der Waals surface area (Å²) >= 11 is 0. The lowest BCUT2D eigenvalue weighted by molar-refractivity contribution is -0.164. The summed E-state index contributed by atoms with van der Waals surface area (Å²) < 4.78 is 18.2. The standard InChI is InChI=1S/C50H58N6O8/c1-28(2)55(33-18-36(19-33)63-34-14-15-37-38(20-34)45(61)56(44(37)60)39-16-17-41(57)52-43(39)59)25-29-22-50(23-29)26-54(27-50)32-11-8-30(9-12-32)42(58)53-46-48(3,4)47(49(46,5)6)64-35-13-10-31(24-51)40(21-35)62-7/h8-15,20-21,28-29,33,36,39,46-47H,16-19,22-23,25-27H2,1-7H3,(H,53,58)(H,52,57,59)/t33?,36?,39-,46?,47?/m1/s1. The zero-order valence-corrected chi connectivity index (χ0v) is 37.7. The van der Waals surface area contributed by atoms with Crippen LogP contribution in [0.15, 0.2) is 60.7 Å². The van der Waals surface area contributed by atoms with Crippen molar-refractivity contribution < 1.29 is 38.2 Å². The summed E-state index contributed by atoms with van der Waals surface area (Å²) in [5, 5.41) is 14.9. The maximum Gasteiger partial charge on any atom is 0.262 e. The van der Waals surface area contributed by atoms with Crippen LogP contribution in [-0.4, -0.2) is 102 Å². The Morgan fingerprint density at radius 3 is 2.20 bits per heavy atom. The first-order valence-corrected chi connectivity index (χ1v) is 22.6. The van der Waals surface area contributed by atoms with Crippen LogP contribution < -0.4 is 29.7 Å². The molecule has 3 aliphatic heterocycles. The highest BCUT2D eigenvalue weighted by atomic mass is 16.5. The molecular weight excluding hydrogens is 813 g/mol.